The molecule has 2 amide bonds. The van der Waals surface area contributed by atoms with Crippen molar-refractivity contribution < 1.29 is 19.1 Å². The van der Waals surface area contributed by atoms with Crippen molar-refractivity contribution >= 4 is 74.1 Å². The minimum atomic E-state index is -0.530. The van der Waals surface area contributed by atoms with Crippen molar-refractivity contribution in [3.05, 3.63) is 103 Å². The van der Waals surface area contributed by atoms with Crippen molar-refractivity contribution in [2.75, 3.05) is 0 Å². The number of benzene rings is 3. The van der Waals surface area contributed by atoms with Gasteiger partial charge in [0.25, 0.3) is 11.1 Å². The first-order valence-corrected chi connectivity index (χ1v) is 11.9. The molecule has 0 aromatic heterocycles. The Labute approximate surface area is 212 Å². The summed E-state index contributed by atoms with van der Waals surface area (Å²) < 4.78 is 6.28. The molecule has 1 saturated heterocycles. The number of hydrogen-bond acceptors (Lipinski definition) is 5. The van der Waals surface area contributed by atoms with Gasteiger partial charge in [-0.3, -0.25) is 14.5 Å². The van der Waals surface area contributed by atoms with Crippen LogP contribution < -0.4 is 4.74 Å². The maximum atomic E-state index is 13.0. The lowest BCUT2D eigenvalue weighted by molar-refractivity contribution is -0.123. The second-order valence-electron chi connectivity index (χ2n) is 6.94. The normalized spacial score (nSPS) is 14.8. The predicted octanol–water partition coefficient (Wildman–Crippen LogP) is 7.21. The van der Waals surface area contributed by atoms with Gasteiger partial charge in [0.1, 0.15) is 5.75 Å². The van der Waals surface area contributed by atoms with Gasteiger partial charge in [-0.1, -0.05) is 63.4 Å². The van der Waals surface area contributed by atoms with Crippen LogP contribution in [0.4, 0.5) is 4.79 Å². The highest BCUT2D eigenvalue weighted by atomic mass is 79.9. The minimum Gasteiger partial charge on any atom is -0.422 e. The van der Waals surface area contributed by atoms with E-state index in [2.05, 4.69) is 15.9 Å². The Kier molecular flexibility index (Phi) is 7.24. The highest BCUT2D eigenvalue weighted by Crippen LogP contribution is 2.36. The maximum absolute atomic E-state index is 13.0. The SMILES string of the molecule is O=C(Oc1ccc(Br)cc1/C=C1\SC(=O)N(Cc2ccc(Cl)cc2Cl)C1=O)c1ccccc1. The zero-order chi connectivity index (χ0) is 23.5. The van der Waals surface area contributed by atoms with E-state index >= 15 is 0 Å². The van der Waals surface area contributed by atoms with E-state index in [0.29, 0.717) is 26.7 Å². The molecule has 1 fully saturated rings. The quantitative estimate of drug-likeness (QED) is 0.187. The highest BCUT2D eigenvalue weighted by molar-refractivity contribution is 9.10. The Morgan fingerprint density at radius 3 is 2.52 bits per heavy atom. The number of nitrogens with zero attached hydrogens (tertiary/aromatic N) is 1. The zero-order valence-corrected chi connectivity index (χ0v) is 20.7. The van der Waals surface area contributed by atoms with Crippen LogP contribution in [0.3, 0.4) is 0 Å². The fourth-order valence-corrected chi connectivity index (χ4v) is 4.73. The number of halogens is 3. The molecule has 0 N–H and O–H groups in total. The van der Waals surface area contributed by atoms with Crippen molar-refractivity contribution in [3.8, 4) is 5.75 Å². The first kappa shape index (κ1) is 23.6. The molecular weight excluding hydrogens is 549 g/mol. The molecule has 4 rings (SSSR count). The molecule has 9 heteroatoms. The Hall–Kier alpha value is -2.58. The van der Waals surface area contributed by atoms with E-state index in [1.807, 2.05) is 0 Å². The molecule has 0 atom stereocenters. The second kappa shape index (κ2) is 10.1. The van der Waals surface area contributed by atoms with Crippen LogP contribution in [-0.2, 0) is 11.3 Å². The summed E-state index contributed by atoms with van der Waals surface area (Å²) in [5, 5.41) is 0.410. The lowest BCUT2D eigenvalue weighted by Gasteiger charge is -2.13. The first-order chi connectivity index (χ1) is 15.8. The van der Waals surface area contributed by atoms with E-state index < -0.39 is 17.1 Å². The summed E-state index contributed by atoms with van der Waals surface area (Å²) >= 11 is 16.3. The Morgan fingerprint density at radius 1 is 1.03 bits per heavy atom. The highest BCUT2D eigenvalue weighted by Gasteiger charge is 2.35. The lowest BCUT2D eigenvalue weighted by Crippen LogP contribution is -2.27. The summed E-state index contributed by atoms with van der Waals surface area (Å²) in [6.07, 6.45) is 1.53. The smallest absolute Gasteiger partial charge is 0.343 e. The number of amides is 2. The summed E-state index contributed by atoms with van der Waals surface area (Å²) in [6.45, 7) is 0.0202. The number of hydrogen-bond donors (Lipinski definition) is 0. The van der Waals surface area contributed by atoms with E-state index in [0.717, 1.165) is 21.1 Å². The molecule has 0 unspecified atom stereocenters. The summed E-state index contributed by atoms with van der Waals surface area (Å²) in [4.78, 5) is 39.3. The summed E-state index contributed by atoms with van der Waals surface area (Å²) in [6, 6.07) is 18.5. The number of esters is 1. The van der Waals surface area contributed by atoms with Crippen LogP contribution in [0.1, 0.15) is 21.5 Å². The largest absolute Gasteiger partial charge is 0.422 e. The molecular formula is C24H14BrCl2NO4S. The maximum Gasteiger partial charge on any atom is 0.343 e. The standard InChI is InChI=1S/C24H14BrCl2NO4S/c25-17-7-9-20(32-23(30)14-4-2-1-3-5-14)16(10-17)11-21-22(29)28(24(31)33-21)13-15-6-8-18(26)12-19(15)27/h1-12H,13H2/b21-11-. The van der Waals surface area contributed by atoms with E-state index in [4.69, 9.17) is 27.9 Å². The van der Waals surface area contributed by atoms with Crippen molar-refractivity contribution in [2.24, 2.45) is 0 Å². The fourth-order valence-electron chi connectivity index (χ4n) is 3.06. The van der Waals surface area contributed by atoms with E-state index in [-0.39, 0.29) is 17.2 Å². The second-order valence-corrected chi connectivity index (χ2v) is 9.69. The van der Waals surface area contributed by atoms with Crippen LogP contribution in [0, 0.1) is 0 Å². The van der Waals surface area contributed by atoms with Gasteiger partial charge in [0.15, 0.2) is 0 Å². The Balaban J connectivity index is 1.59. The predicted molar refractivity (Wildman–Crippen MR) is 134 cm³/mol. The molecule has 3 aromatic rings. The number of rotatable bonds is 5. The van der Waals surface area contributed by atoms with E-state index in [9.17, 15) is 14.4 Å². The van der Waals surface area contributed by atoms with Crippen molar-refractivity contribution in [3.63, 3.8) is 0 Å². The van der Waals surface area contributed by atoms with Gasteiger partial charge in [-0.25, -0.2) is 4.79 Å². The molecule has 0 spiro atoms. The van der Waals surface area contributed by atoms with E-state index in [1.54, 1.807) is 66.7 Å². The number of carbonyl (C=O) groups excluding carboxylic acids is 3. The minimum absolute atomic E-state index is 0.0202. The molecule has 1 aliphatic heterocycles. The van der Waals surface area contributed by atoms with E-state index in [1.165, 1.54) is 6.08 Å². The monoisotopic (exact) mass is 561 g/mol. The van der Waals surface area contributed by atoms with Crippen LogP contribution in [0.25, 0.3) is 6.08 Å². The van der Waals surface area contributed by atoms with Gasteiger partial charge in [-0.2, -0.15) is 0 Å². The molecule has 33 heavy (non-hydrogen) atoms. The summed E-state index contributed by atoms with van der Waals surface area (Å²) in [5.41, 5.74) is 1.47. The third-order valence-corrected chi connectivity index (χ3v) is 6.68. The molecule has 1 aliphatic rings. The molecule has 0 saturated carbocycles. The number of ether oxygens (including phenoxy) is 1. The van der Waals surface area contributed by atoms with Gasteiger partial charge in [0, 0.05) is 20.1 Å². The molecule has 5 nitrogen and oxygen atoms in total. The van der Waals surface area contributed by atoms with Gasteiger partial charge < -0.3 is 4.74 Å². The van der Waals surface area contributed by atoms with Gasteiger partial charge in [0.2, 0.25) is 0 Å². The van der Waals surface area contributed by atoms with Crippen LogP contribution >= 0.6 is 50.9 Å². The summed E-state index contributed by atoms with van der Waals surface area (Å²) in [7, 11) is 0. The number of imide groups is 1. The van der Waals surface area contributed by atoms with Crippen LogP contribution in [0.5, 0.6) is 5.75 Å². The molecule has 3 aromatic carbocycles. The average molecular weight is 563 g/mol. The Bertz CT molecular complexity index is 1300. The third kappa shape index (κ3) is 5.50. The summed E-state index contributed by atoms with van der Waals surface area (Å²) in [5.74, 6) is -0.728. The van der Waals surface area contributed by atoms with Crippen LogP contribution in [0.2, 0.25) is 10.0 Å². The zero-order valence-electron chi connectivity index (χ0n) is 16.8. The lowest BCUT2D eigenvalue weighted by atomic mass is 10.1. The van der Waals surface area contributed by atoms with Gasteiger partial charge in [-0.15, -0.1) is 0 Å². The van der Waals surface area contributed by atoms with Crippen molar-refractivity contribution in [1.29, 1.82) is 0 Å². The van der Waals surface area contributed by atoms with Gasteiger partial charge in [-0.05, 0) is 65.9 Å². The average Bonchev–Trinajstić information content (AvgIpc) is 3.05. The first-order valence-electron chi connectivity index (χ1n) is 9.58. The molecule has 0 aliphatic carbocycles. The number of carbonyl (C=O) groups is 3. The fraction of sp³-hybridized carbons (Fsp3) is 0.0417. The third-order valence-electron chi connectivity index (χ3n) is 4.69. The van der Waals surface area contributed by atoms with Crippen molar-refractivity contribution in [1.82, 2.24) is 4.90 Å². The van der Waals surface area contributed by atoms with Crippen LogP contribution in [0.15, 0.2) is 76.1 Å². The van der Waals surface area contributed by atoms with Crippen LogP contribution in [-0.4, -0.2) is 22.0 Å². The Morgan fingerprint density at radius 2 is 1.79 bits per heavy atom. The molecule has 0 radical (unpaired) electrons. The van der Waals surface area contributed by atoms with Crippen molar-refractivity contribution in [2.45, 2.75) is 6.54 Å². The molecule has 0 bridgehead atoms. The topological polar surface area (TPSA) is 63.7 Å². The number of thioether (sulfide) groups is 1. The molecule has 1 heterocycles. The van der Waals surface area contributed by atoms with Gasteiger partial charge in [0.05, 0.1) is 17.0 Å². The molecule has 166 valence electrons. The van der Waals surface area contributed by atoms with Gasteiger partial charge >= 0.3 is 5.97 Å².